The van der Waals surface area contributed by atoms with E-state index in [-0.39, 0.29) is 12.2 Å². The van der Waals surface area contributed by atoms with Gasteiger partial charge in [-0.3, -0.25) is 9.69 Å². The molecule has 0 atom stereocenters. The van der Waals surface area contributed by atoms with Gasteiger partial charge in [-0.1, -0.05) is 0 Å². The van der Waals surface area contributed by atoms with Crippen LogP contribution in [0.3, 0.4) is 0 Å². The number of rotatable bonds is 2. The Morgan fingerprint density at radius 3 is 2.65 bits per heavy atom. The van der Waals surface area contributed by atoms with Crippen molar-refractivity contribution in [1.82, 2.24) is 19.9 Å². The Labute approximate surface area is 134 Å². The van der Waals surface area contributed by atoms with Crippen LogP contribution in [0.15, 0.2) is 4.79 Å². The van der Waals surface area contributed by atoms with Gasteiger partial charge in [0.1, 0.15) is 0 Å². The van der Waals surface area contributed by atoms with Gasteiger partial charge in [0.25, 0.3) is 5.56 Å². The molecule has 0 fully saturated rings. The first-order valence-electron chi connectivity index (χ1n) is 7.08. The number of hydrogen-bond donors (Lipinski definition) is 1. The minimum Gasteiger partial charge on any atom is -0.303 e. The number of nitrogens with zero attached hydrogens (tertiary/aromatic N) is 3. The van der Waals surface area contributed by atoms with Gasteiger partial charge in [-0.25, -0.2) is 9.97 Å². The van der Waals surface area contributed by atoms with Crippen LogP contribution in [0.2, 0.25) is 0 Å². The third-order valence-corrected chi connectivity index (χ3v) is 4.85. The molecule has 1 aliphatic heterocycles. The predicted molar refractivity (Wildman–Crippen MR) is 79.3 cm³/mol. The average molecular weight is 344 g/mol. The number of fused-ring (bicyclic) bond motifs is 1. The maximum atomic E-state index is 12.8. The Kier molecular flexibility index (Phi) is 4.01. The number of alkyl halides is 3. The SMILES string of the molecule is Cc1nc(C)c(CN2CCc3c(nc(C(F)(F)F)[nH]c3=O)C2)s1. The zero-order valence-corrected chi connectivity index (χ0v) is 13.4. The standard InChI is InChI=1S/C14H15F3N4OS/c1-7-11(23-8(2)18-7)6-21-4-3-9-10(5-21)19-13(14(15,16)17)20-12(9)22/h3-6H2,1-2H3,(H,19,20,22). The lowest BCUT2D eigenvalue weighted by Crippen LogP contribution is -2.36. The lowest BCUT2D eigenvalue weighted by atomic mass is 10.1. The molecule has 23 heavy (non-hydrogen) atoms. The van der Waals surface area contributed by atoms with Gasteiger partial charge >= 0.3 is 6.18 Å². The topological polar surface area (TPSA) is 61.9 Å². The molecule has 3 heterocycles. The molecule has 0 aliphatic carbocycles. The van der Waals surface area contributed by atoms with E-state index in [1.54, 1.807) is 11.3 Å². The highest BCUT2D eigenvalue weighted by Crippen LogP contribution is 2.27. The van der Waals surface area contributed by atoms with Gasteiger partial charge in [0.05, 0.1) is 16.4 Å². The number of H-pyrrole nitrogens is 1. The molecule has 0 radical (unpaired) electrons. The molecular formula is C14H15F3N4OS. The smallest absolute Gasteiger partial charge is 0.303 e. The molecule has 0 aromatic carbocycles. The van der Waals surface area contributed by atoms with Gasteiger partial charge in [-0.2, -0.15) is 13.2 Å². The highest BCUT2D eigenvalue weighted by Gasteiger charge is 2.36. The fourth-order valence-corrected chi connectivity index (χ4v) is 3.67. The van der Waals surface area contributed by atoms with Crippen LogP contribution in [-0.2, 0) is 25.7 Å². The summed E-state index contributed by atoms with van der Waals surface area (Å²) in [5.74, 6) is -1.23. The van der Waals surface area contributed by atoms with E-state index in [1.807, 2.05) is 23.7 Å². The predicted octanol–water partition coefficient (Wildman–Crippen LogP) is 2.42. The monoisotopic (exact) mass is 344 g/mol. The number of halogens is 3. The van der Waals surface area contributed by atoms with Crippen molar-refractivity contribution in [3.8, 4) is 0 Å². The molecule has 0 bridgehead atoms. The molecule has 0 saturated heterocycles. The van der Waals surface area contributed by atoms with Crippen molar-refractivity contribution in [3.63, 3.8) is 0 Å². The van der Waals surface area contributed by atoms with Crippen LogP contribution in [0.5, 0.6) is 0 Å². The second-order valence-corrected chi connectivity index (χ2v) is 6.83. The van der Waals surface area contributed by atoms with Crippen molar-refractivity contribution >= 4 is 11.3 Å². The van der Waals surface area contributed by atoms with Crippen LogP contribution in [0.25, 0.3) is 0 Å². The molecule has 9 heteroatoms. The summed E-state index contributed by atoms with van der Waals surface area (Å²) in [5.41, 5.74) is 0.817. The molecule has 0 spiro atoms. The average Bonchev–Trinajstić information content (AvgIpc) is 2.75. The minimum absolute atomic E-state index is 0.214. The summed E-state index contributed by atoms with van der Waals surface area (Å²) < 4.78 is 38.4. The first-order chi connectivity index (χ1) is 10.7. The van der Waals surface area contributed by atoms with E-state index in [2.05, 4.69) is 9.97 Å². The van der Waals surface area contributed by atoms with Crippen LogP contribution >= 0.6 is 11.3 Å². The molecular weight excluding hydrogens is 329 g/mol. The van der Waals surface area contributed by atoms with Gasteiger partial charge in [0.2, 0.25) is 5.82 Å². The van der Waals surface area contributed by atoms with Gasteiger partial charge in [-0.15, -0.1) is 11.3 Å². The Morgan fingerprint density at radius 1 is 1.30 bits per heavy atom. The fourth-order valence-electron chi connectivity index (χ4n) is 2.69. The Bertz CT molecular complexity index is 796. The molecule has 3 rings (SSSR count). The summed E-state index contributed by atoms with van der Waals surface area (Å²) in [6.45, 7) is 5.29. The van der Waals surface area contributed by atoms with E-state index in [4.69, 9.17) is 0 Å². The van der Waals surface area contributed by atoms with Crippen molar-refractivity contribution in [1.29, 1.82) is 0 Å². The number of hydrogen-bond acceptors (Lipinski definition) is 5. The van der Waals surface area contributed by atoms with Gasteiger partial charge in [0.15, 0.2) is 0 Å². The van der Waals surface area contributed by atoms with E-state index in [9.17, 15) is 18.0 Å². The van der Waals surface area contributed by atoms with Crippen molar-refractivity contribution in [2.75, 3.05) is 6.54 Å². The molecule has 2 aromatic heterocycles. The maximum absolute atomic E-state index is 12.8. The van der Waals surface area contributed by atoms with Gasteiger partial charge in [0, 0.05) is 30.1 Å². The van der Waals surface area contributed by atoms with E-state index in [0.717, 1.165) is 15.6 Å². The third kappa shape index (κ3) is 3.30. The van der Waals surface area contributed by atoms with Crippen molar-refractivity contribution in [2.24, 2.45) is 0 Å². The number of aromatic amines is 1. The fraction of sp³-hybridized carbons (Fsp3) is 0.500. The van der Waals surface area contributed by atoms with Crippen LogP contribution in [0.4, 0.5) is 13.2 Å². The van der Waals surface area contributed by atoms with Crippen LogP contribution in [0.1, 0.15) is 32.7 Å². The first kappa shape index (κ1) is 16.1. The molecule has 1 aliphatic rings. The molecule has 5 nitrogen and oxygen atoms in total. The van der Waals surface area contributed by atoms with E-state index < -0.39 is 17.6 Å². The largest absolute Gasteiger partial charge is 0.449 e. The van der Waals surface area contributed by atoms with Crippen molar-refractivity contribution < 1.29 is 13.2 Å². The number of nitrogens with one attached hydrogen (secondary N) is 1. The molecule has 0 saturated carbocycles. The summed E-state index contributed by atoms with van der Waals surface area (Å²) >= 11 is 1.58. The van der Waals surface area contributed by atoms with E-state index in [1.165, 1.54) is 0 Å². The second kappa shape index (κ2) is 5.72. The zero-order chi connectivity index (χ0) is 16.8. The summed E-state index contributed by atoms with van der Waals surface area (Å²) in [5, 5.41) is 0.962. The maximum Gasteiger partial charge on any atom is 0.449 e. The minimum atomic E-state index is -4.65. The van der Waals surface area contributed by atoms with Gasteiger partial charge in [-0.05, 0) is 20.3 Å². The number of aryl methyl sites for hydroxylation is 2. The Balaban J connectivity index is 1.86. The van der Waals surface area contributed by atoms with Gasteiger partial charge < -0.3 is 4.98 Å². The Hall–Kier alpha value is -1.74. The lowest BCUT2D eigenvalue weighted by molar-refractivity contribution is -0.145. The lowest BCUT2D eigenvalue weighted by Gasteiger charge is -2.27. The zero-order valence-electron chi connectivity index (χ0n) is 12.6. The third-order valence-electron chi connectivity index (χ3n) is 3.79. The Morgan fingerprint density at radius 2 is 2.04 bits per heavy atom. The summed E-state index contributed by atoms with van der Waals surface area (Å²) in [7, 11) is 0. The van der Waals surface area contributed by atoms with Crippen LogP contribution in [-0.4, -0.2) is 26.4 Å². The molecule has 0 unspecified atom stereocenters. The van der Waals surface area contributed by atoms with Crippen LogP contribution in [0, 0.1) is 13.8 Å². The highest BCUT2D eigenvalue weighted by atomic mass is 32.1. The second-order valence-electron chi connectivity index (χ2n) is 5.54. The number of aromatic nitrogens is 3. The van der Waals surface area contributed by atoms with Crippen molar-refractivity contribution in [3.05, 3.63) is 43.0 Å². The van der Waals surface area contributed by atoms with E-state index in [0.29, 0.717) is 25.1 Å². The quantitative estimate of drug-likeness (QED) is 0.909. The summed E-state index contributed by atoms with van der Waals surface area (Å²) in [6, 6.07) is 0. The molecule has 1 N–H and O–H groups in total. The summed E-state index contributed by atoms with van der Waals surface area (Å²) in [4.78, 5) is 24.7. The summed E-state index contributed by atoms with van der Waals surface area (Å²) in [6.07, 6.45) is -4.26. The first-order valence-corrected chi connectivity index (χ1v) is 7.90. The number of thiazole rings is 1. The highest BCUT2D eigenvalue weighted by molar-refractivity contribution is 7.11. The van der Waals surface area contributed by atoms with Crippen LogP contribution < -0.4 is 5.56 Å². The van der Waals surface area contributed by atoms with Crippen molar-refractivity contribution in [2.45, 2.75) is 39.5 Å². The molecule has 2 aromatic rings. The van der Waals surface area contributed by atoms with E-state index >= 15 is 0 Å². The molecule has 124 valence electrons. The normalized spacial score (nSPS) is 15.7. The molecule has 0 amide bonds.